The predicted molar refractivity (Wildman–Crippen MR) is 112 cm³/mol. The van der Waals surface area contributed by atoms with Gasteiger partial charge in [-0.3, -0.25) is 9.59 Å². The molecule has 2 rings (SSSR count). The average molecular weight is 391 g/mol. The Hall–Kier alpha value is -1.72. The van der Waals surface area contributed by atoms with Crippen molar-refractivity contribution in [1.82, 2.24) is 20.5 Å². The summed E-state index contributed by atoms with van der Waals surface area (Å²) in [7, 11) is 0. The standard InChI is InChI=1S/C22H38N4O2/c1-8-16(18-19(28)24-20(26-25-18)22(5,6)7)23-17(27)13-14-9-11-15(12-10-14)21(2,3)4/h14-16H,8-13H2,1-7H3,(H,23,27)(H,24,26,28). The van der Waals surface area contributed by atoms with Gasteiger partial charge in [0.1, 0.15) is 5.82 Å². The zero-order valence-electron chi connectivity index (χ0n) is 18.7. The van der Waals surface area contributed by atoms with Crippen molar-refractivity contribution in [3.63, 3.8) is 0 Å². The monoisotopic (exact) mass is 390 g/mol. The minimum Gasteiger partial charge on any atom is -0.347 e. The predicted octanol–water partition coefficient (Wildman–Crippen LogP) is 4.27. The summed E-state index contributed by atoms with van der Waals surface area (Å²) >= 11 is 0. The molecule has 0 spiro atoms. The fourth-order valence-corrected chi connectivity index (χ4v) is 4.02. The molecule has 1 aromatic heterocycles. The van der Waals surface area contributed by atoms with Crippen molar-refractivity contribution < 1.29 is 4.79 Å². The van der Waals surface area contributed by atoms with Gasteiger partial charge in [-0.15, -0.1) is 10.2 Å². The maximum absolute atomic E-state index is 12.6. The number of nitrogens with zero attached hydrogens (tertiary/aromatic N) is 2. The first-order valence-electron chi connectivity index (χ1n) is 10.7. The van der Waals surface area contributed by atoms with Crippen LogP contribution in [0.3, 0.4) is 0 Å². The van der Waals surface area contributed by atoms with E-state index in [2.05, 4.69) is 41.3 Å². The van der Waals surface area contributed by atoms with E-state index in [4.69, 9.17) is 0 Å². The van der Waals surface area contributed by atoms with Crippen LogP contribution in [0.5, 0.6) is 0 Å². The number of hydrogen-bond acceptors (Lipinski definition) is 4. The third kappa shape index (κ3) is 5.89. The second-order valence-corrected chi connectivity index (χ2v) is 10.5. The summed E-state index contributed by atoms with van der Waals surface area (Å²) in [5.41, 5.74) is 0.0964. The van der Waals surface area contributed by atoms with Gasteiger partial charge < -0.3 is 10.3 Å². The Morgan fingerprint density at radius 2 is 1.71 bits per heavy atom. The van der Waals surface area contributed by atoms with Crippen LogP contribution in [-0.4, -0.2) is 21.1 Å². The van der Waals surface area contributed by atoms with Crippen molar-refractivity contribution >= 4 is 5.91 Å². The van der Waals surface area contributed by atoms with Crippen molar-refractivity contribution in [2.45, 2.75) is 98.4 Å². The summed E-state index contributed by atoms with van der Waals surface area (Å²) in [5.74, 6) is 1.74. The molecule has 2 N–H and O–H groups in total. The third-order valence-electron chi connectivity index (χ3n) is 6.05. The number of hydrogen-bond donors (Lipinski definition) is 2. The molecule has 158 valence electrons. The van der Waals surface area contributed by atoms with E-state index in [1.165, 1.54) is 12.8 Å². The molecule has 1 amide bonds. The number of carbonyl (C=O) groups excluding carboxylic acids is 1. The number of carbonyl (C=O) groups is 1. The average Bonchev–Trinajstić information content (AvgIpc) is 2.58. The molecule has 1 aliphatic rings. The SMILES string of the molecule is CCC(NC(=O)CC1CCC(C(C)(C)C)CC1)c1nnc(C(C)(C)C)[nH]c1=O. The highest BCUT2D eigenvalue weighted by Crippen LogP contribution is 2.40. The van der Waals surface area contributed by atoms with Crippen LogP contribution in [0.1, 0.15) is 105 Å². The molecular weight excluding hydrogens is 352 g/mol. The Bertz CT molecular complexity index is 719. The van der Waals surface area contributed by atoms with E-state index in [0.717, 1.165) is 18.8 Å². The zero-order valence-corrected chi connectivity index (χ0v) is 18.7. The Balaban J connectivity index is 1.96. The molecule has 1 aromatic rings. The van der Waals surface area contributed by atoms with Crippen LogP contribution in [-0.2, 0) is 10.2 Å². The third-order valence-corrected chi connectivity index (χ3v) is 6.05. The van der Waals surface area contributed by atoms with Crippen LogP contribution in [0.25, 0.3) is 0 Å². The maximum atomic E-state index is 12.6. The van der Waals surface area contributed by atoms with Crippen LogP contribution in [0.4, 0.5) is 0 Å². The van der Waals surface area contributed by atoms with Gasteiger partial charge in [-0.25, -0.2) is 0 Å². The minimum absolute atomic E-state index is 0.00663. The lowest BCUT2D eigenvalue weighted by molar-refractivity contribution is -0.123. The Kier molecular flexibility index (Phi) is 7.05. The lowest BCUT2D eigenvalue weighted by Crippen LogP contribution is -2.36. The van der Waals surface area contributed by atoms with E-state index >= 15 is 0 Å². The highest BCUT2D eigenvalue weighted by molar-refractivity contribution is 5.76. The van der Waals surface area contributed by atoms with Crippen molar-refractivity contribution in [3.8, 4) is 0 Å². The molecule has 1 unspecified atom stereocenters. The fourth-order valence-electron chi connectivity index (χ4n) is 4.02. The smallest absolute Gasteiger partial charge is 0.275 e. The Labute approximate surface area is 169 Å². The van der Waals surface area contributed by atoms with Crippen molar-refractivity contribution in [3.05, 3.63) is 21.9 Å². The molecule has 1 fully saturated rings. The summed E-state index contributed by atoms with van der Waals surface area (Å²) in [6, 6.07) is -0.399. The van der Waals surface area contributed by atoms with Gasteiger partial charge in [-0.2, -0.15) is 0 Å². The summed E-state index contributed by atoms with van der Waals surface area (Å²) in [6.45, 7) is 14.8. The Morgan fingerprint density at radius 1 is 1.11 bits per heavy atom. The number of aromatic nitrogens is 3. The molecule has 1 aliphatic carbocycles. The second-order valence-electron chi connectivity index (χ2n) is 10.5. The van der Waals surface area contributed by atoms with Gasteiger partial charge in [0, 0.05) is 11.8 Å². The molecule has 0 aromatic carbocycles. The van der Waals surface area contributed by atoms with E-state index in [0.29, 0.717) is 35.7 Å². The molecule has 6 nitrogen and oxygen atoms in total. The van der Waals surface area contributed by atoms with Crippen LogP contribution >= 0.6 is 0 Å². The van der Waals surface area contributed by atoms with Crippen LogP contribution < -0.4 is 10.9 Å². The number of amides is 1. The van der Waals surface area contributed by atoms with Gasteiger partial charge in [0.2, 0.25) is 5.91 Å². The van der Waals surface area contributed by atoms with Gasteiger partial charge >= 0.3 is 0 Å². The van der Waals surface area contributed by atoms with Crippen LogP contribution in [0.2, 0.25) is 0 Å². The lowest BCUT2D eigenvalue weighted by Gasteiger charge is -2.36. The van der Waals surface area contributed by atoms with Crippen molar-refractivity contribution in [2.75, 3.05) is 0 Å². The van der Waals surface area contributed by atoms with Crippen molar-refractivity contribution in [1.29, 1.82) is 0 Å². The topological polar surface area (TPSA) is 87.7 Å². The Morgan fingerprint density at radius 3 is 2.18 bits per heavy atom. The molecule has 0 bridgehead atoms. The van der Waals surface area contributed by atoms with Gasteiger partial charge in [0.15, 0.2) is 5.69 Å². The van der Waals surface area contributed by atoms with E-state index in [9.17, 15) is 9.59 Å². The summed E-state index contributed by atoms with van der Waals surface area (Å²) in [6.07, 6.45) is 5.73. The molecule has 0 saturated heterocycles. The molecule has 28 heavy (non-hydrogen) atoms. The van der Waals surface area contributed by atoms with E-state index in [1.54, 1.807) is 0 Å². The minimum atomic E-state index is -0.399. The van der Waals surface area contributed by atoms with Crippen LogP contribution in [0, 0.1) is 17.3 Å². The van der Waals surface area contributed by atoms with Gasteiger partial charge in [0.25, 0.3) is 5.56 Å². The summed E-state index contributed by atoms with van der Waals surface area (Å²) < 4.78 is 0. The lowest BCUT2D eigenvalue weighted by atomic mass is 9.69. The second kappa shape index (κ2) is 8.75. The molecular formula is C22H38N4O2. The summed E-state index contributed by atoms with van der Waals surface area (Å²) in [4.78, 5) is 27.9. The number of aromatic amines is 1. The quantitative estimate of drug-likeness (QED) is 0.786. The van der Waals surface area contributed by atoms with Crippen molar-refractivity contribution in [2.24, 2.45) is 17.3 Å². The van der Waals surface area contributed by atoms with E-state index < -0.39 is 6.04 Å². The van der Waals surface area contributed by atoms with E-state index in [-0.39, 0.29) is 16.9 Å². The molecule has 1 saturated carbocycles. The maximum Gasteiger partial charge on any atom is 0.275 e. The molecule has 0 aliphatic heterocycles. The van der Waals surface area contributed by atoms with Gasteiger partial charge in [-0.05, 0) is 49.4 Å². The highest BCUT2D eigenvalue weighted by atomic mass is 16.2. The highest BCUT2D eigenvalue weighted by Gasteiger charge is 2.31. The molecule has 0 radical (unpaired) electrons. The number of nitrogens with one attached hydrogen (secondary N) is 2. The van der Waals surface area contributed by atoms with E-state index in [1.807, 2.05) is 27.7 Å². The molecule has 1 atom stereocenters. The number of rotatable bonds is 5. The first-order valence-corrected chi connectivity index (χ1v) is 10.7. The van der Waals surface area contributed by atoms with Gasteiger partial charge in [-0.1, -0.05) is 48.5 Å². The fraction of sp³-hybridized carbons (Fsp3) is 0.818. The molecule has 1 heterocycles. The first-order chi connectivity index (χ1) is 12.9. The van der Waals surface area contributed by atoms with Crippen LogP contribution in [0.15, 0.2) is 4.79 Å². The van der Waals surface area contributed by atoms with Gasteiger partial charge in [0.05, 0.1) is 6.04 Å². The normalized spacial score (nSPS) is 22.0. The number of H-pyrrole nitrogens is 1. The summed E-state index contributed by atoms with van der Waals surface area (Å²) in [5, 5.41) is 11.3. The zero-order chi connectivity index (χ0) is 21.1. The molecule has 6 heteroatoms. The first kappa shape index (κ1) is 22.6. The largest absolute Gasteiger partial charge is 0.347 e.